The quantitative estimate of drug-likeness (QED) is 0.901. The summed E-state index contributed by atoms with van der Waals surface area (Å²) in [6.45, 7) is 6.27. The van der Waals surface area contributed by atoms with Gasteiger partial charge in [-0.25, -0.2) is 0 Å². The molecule has 3 rings (SSSR count). The summed E-state index contributed by atoms with van der Waals surface area (Å²) >= 11 is 0. The summed E-state index contributed by atoms with van der Waals surface area (Å²) in [5.74, 6) is 2.87. The number of ether oxygens (including phenoxy) is 1. The average Bonchev–Trinajstić information content (AvgIpc) is 3.08. The Bertz CT molecular complexity index is 417. The van der Waals surface area contributed by atoms with E-state index in [0.717, 1.165) is 24.0 Å². The van der Waals surface area contributed by atoms with Gasteiger partial charge in [-0.1, -0.05) is 12.1 Å². The summed E-state index contributed by atoms with van der Waals surface area (Å²) in [6.07, 6.45) is 5.35. The van der Waals surface area contributed by atoms with Crippen LogP contribution in [-0.2, 0) is 6.42 Å². The highest BCUT2D eigenvalue weighted by atomic mass is 16.5. The Morgan fingerprint density at radius 1 is 1.10 bits per heavy atom. The molecule has 1 atom stereocenters. The van der Waals surface area contributed by atoms with Crippen LogP contribution in [0.25, 0.3) is 0 Å². The molecule has 2 aliphatic heterocycles. The molecule has 2 fully saturated rings. The van der Waals surface area contributed by atoms with E-state index in [1.807, 2.05) is 0 Å². The van der Waals surface area contributed by atoms with Crippen LogP contribution in [0.3, 0.4) is 0 Å². The fraction of sp³-hybridized carbons (Fsp3) is 0.667. The van der Waals surface area contributed by atoms with Gasteiger partial charge in [0.2, 0.25) is 0 Å². The summed E-state index contributed by atoms with van der Waals surface area (Å²) in [5.41, 5.74) is 1.41. The van der Waals surface area contributed by atoms with Gasteiger partial charge in [0.25, 0.3) is 0 Å². The van der Waals surface area contributed by atoms with E-state index in [9.17, 15) is 0 Å². The molecule has 2 heterocycles. The minimum atomic E-state index is 0.949. The number of hydrogen-bond donors (Lipinski definition) is 1. The second kappa shape index (κ2) is 7.28. The molecule has 1 unspecified atom stereocenters. The monoisotopic (exact) mass is 288 g/mol. The van der Waals surface area contributed by atoms with Gasteiger partial charge in [-0.05, 0) is 81.4 Å². The van der Waals surface area contributed by atoms with Crippen molar-refractivity contribution in [1.29, 1.82) is 0 Å². The fourth-order valence-electron chi connectivity index (χ4n) is 3.81. The lowest BCUT2D eigenvalue weighted by molar-refractivity contribution is 0.154. The number of benzene rings is 1. The number of likely N-dealkylation sites (tertiary alicyclic amines) is 1. The zero-order valence-corrected chi connectivity index (χ0v) is 13.2. The van der Waals surface area contributed by atoms with Crippen molar-refractivity contribution in [3.05, 3.63) is 29.8 Å². The molecule has 1 N–H and O–H groups in total. The molecule has 0 aliphatic carbocycles. The number of nitrogens with one attached hydrogen (secondary N) is 1. The van der Waals surface area contributed by atoms with Crippen LogP contribution in [0, 0.1) is 11.8 Å². The van der Waals surface area contributed by atoms with Gasteiger partial charge in [0, 0.05) is 6.54 Å². The fourth-order valence-corrected chi connectivity index (χ4v) is 3.81. The normalized spacial score (nSPS) is 24.3. The first-order valence-electron chi connectivity index (χ1n) is 8.41. The smallest absolute Gasteiger partial charge is 0.118 e. The average molecular weight is 288 g/mol. The van der Waals surface area contributed by atoms with Crippen LogP contribution in [0.2, 0.25) is 0 Å². The molecule has 1 aromatic rings. The van der Waals surface area contributed by atoms with Crippen molar-refractivity contribution in [3.63, 3.8) is 0 Å². The van der Waals surface area contributed by atoms with Gasteiger partial charge >= 0.3 is 0 Å². The predicted molar refractivity (Wildman–Crippen MR) is 86.8 cm³/mol. The lowest BCUT2D eigenvalue weighted by atomic mass is 9.84. The van der Waals surface area contributed by atoms with Crippen molar-refractivity contribution < 1.29 is 4.74 Å². The molecule has 2 saturated heterocycles. The second-order valence-corrected chi connectivity index (χ2v) is 6.53. The lowest BCUT2D eigenvalue weighted by Crippen LogP contribution is -2.37. The van der Waals surface area contributed by atoms with Crippen LogP contribution in [-0.4, -0.2) is 44.7 Å². The van der Waals surface area contributed by atoms with E-state index < -0.39 is 0 Å². The Labute approximate surface area is 128 Å². The second-order valence-electron chi connectivity index (χ2n) is 6.53. The highest BCUT2D eigenvalue weighted by Gasteiger charge is 2.28. The highest BCUT2D eigenvalue weighted by Crippen LogP contribution is 2.28. The zero-order valence-electron chi connectivity index (χ0n) is 13.2. The van der Waals surface area contributed by atoms with Gasteiger partial charge in [-0.15, -0.1) is 0 Å². The molecule has 21 heavy (non-hydrogen) atoms. The predicted octanol–water partition coefficient (Wildman–Crippen LogP) is 2.56. The highest BCUT2D eigenvalue weighted by molar-refractivity contribution is 5.27. The third kappa shape index (κ3) is 3.98. The van der Waals surface area contributed by atoms with E-state index >= 15 is 0 Å². The minimum Gasteiger partial charge on any atom is -0.497 e. The Morgan fingerprint density at radius 3 is 2.48 bits per heavy atom. The zero-order chi connectivity index (χ0) is 14.5. The Balaban J connectivity index is 1.40. The van der Waals surface area contributed by atoms with Crippen molar-refractivity contribution >= 4 is 0 Å². The SMILES string of the molecule is COc1ccc(CCN2CCC(C3CCNC3)CC2)cc1. The van der Waals surface area contributed by atoms with Crippen LogP contribution >= 0.6 is 0 Å². The van der Waals surface area contributed by atoms with Gasteiger partial charge in [-0.3, -0.25) is 0 Å². The first-order chi connectivity index (χ1) is 10.3. The summed E-state index contributed by atoms with van der Waals surface area (Å²) in [6, 6.07) is 8.51. The van der Waals surface area contributed by atoms with Gasteiger partial charge in [0.05, 0.1) is 7.11 Å². The number of methoxy groups -OCH3 is 1. The molecule has 0 bridgehead atoms. The maximum Gasteiger partial charge on any atom is 0.118 e. The van der Waals surface area contributed by atoms with Crippen LogP contribution < -0.4 is 10.1 Å². The number of piperidine rings is 1. The van der Waals surface area contributed by atoms with Gasteiger partial charge in [-0.2, -0.15) is 0 Å². The first-order valence-corrected chi connectivity index (χ1v) is 8.41. The molecule has 0 spiro atoms. The van der Waals surface area contributed by atoms with Crippen LogP contribution in [0.15, 0.2) is 24.3 Å². The summed E-state index contributed by atoms with van der Waals surface area (Å²) in [4.78, 5) is 2.64. The molecule has 0 saturated carbocycles. The summed E-state index contributed by atoms with van der Waals surface area (Å²) in [7, 11) is 1.72. The van der Waals surface area contributed by atoms with E-state index in [0.29, 0.717) is 0 Å². The number of nitrogens with zero attached hydrogens (tertiary/aromatic N) is 1. The standard InChI is InChI=1S/C18H28N2O/c1-21-18-4-2-15(3-5-18)7-11-20-12-8-16(9-13-20)17-6-10-19-14-17/h2-5,16-17,19H,6-14H2,1H3. The minimum absolute atomic E-state index is 0.949. The van der Waals surface area contributed by atoms with E-state index in [2.05, 4.69) is 34.5 Å². The van der Waals surface area contributed by atoms with E-state index in [4.69, 9.17) is 4.74 Å². The molecule has 0 aromatic heterocycles. The van der Waals surface area contributed by atoms with Crippen LogP contribution in [0.4, 0.5) is 0 Å². The van der Waals surface area contributed by atoms with Crippen molar-refractivity contribution in [1.82, 2.24) is 10.2 Å². The van der Waals surface area contributed by atoms with E-state index in [1.165, 1.54) is 57.5 Å². The number of rotatable bonds is 5. The maximum absolute atomic E-state index is 5.21. The first kappa shape index (κ1) is 14.9. The molecule has 3 heteroatoms. The topological polar surface area (TPSA) is 24.5 Å². The van der Waals surface area contributed by atoms with Crippen LogP contribution in [0.5, 0.6) is 5.75 Å². The molecule has 1 aromatic carbocycles. The summed E-state index contributed by atoms with van der Waals surface area (Å²) < 4.78 is 5.21. The third-order valence-electron chi connectivity index (χ3n) is 5.27. The summed E-state index contributed by atoms with van der Waals surface area (Å²) in [5, 5.41) is 3.51. The molecule has 3 nitrogen and oxygen atoms in total. The van der Waals surface area contributed by atoms with E-state index in [1.54, 1.807) is 7.11 Å². The molecular weight excluding hydrogens is 260 g/mol. The molecule has 0 radical (unpaired) electrons. The third-order valence-corrected chi connectivity index (χ3v) is 5.27. The van der Waals surface area contributed by atoms with Crippen molar-refractivity contribution in [2.24, 2.45) is 11.8 Å². The Kier molecular flexibility index (Phi) is 5.15. The molecule has 0 amide bonds. The largest absolute Gasteiger partial charge is 0.497 e. The van der Waals surface area contributed by atoms with Crippen molar-refractivity contribution in [3.8, 4) is 5.75 Å². The maximum atomic E-state index is 5.21. The van der Waals surface area contributed by atoms with Crippen molar-refractivity contribution in [2.45, 2.75) is 25.7 Å². The molecule has 116 valence electrons. The van der Waals surface area contributed by atoms with Gasteiger partial charge in [0.15, 0.2) is 0 Å². The Morgan fingerprint density at radius 2 is 1.86 bits per heavy atom. The number of hydrogen-bond acceptors (Lipinski definition) is 3. The lowest BCUT2D eigenvalue weighted by Gasteiger charge is -2.34. The van der Waals surface area contributed by atoms with Gasteiger partial charge < -0.3 is 15.0 Å². The molecule has 2 aliphatic rings. The van der Waals surface area contributed by atoms with Crippen molar-refractivity contribution in [2.75, 3.05) is 39.8 Å². The molecular formula is C18H28N2O. The van der Waals surface area contributed by atoms with E-state index in [-0.39, 0.29) is 0 Å². The Hall–Kier alpha value is -1.06. The van der Waals surface area contributed by atoms with Gasteiger partial charge in [0.1, 0.15) is 5.75 Å². The van der Waals surface area contributed by atoms with Crippen LogP contribution in [0.1, 0.15) is 24.8 Å².